The minimum absolute atomic E-state index is 0. The molecular formula is C30H32IrNO2S-. The van der Waals surface area contributed by atoms with Crippen LogP contribution in [0.5, 0.6) is 0 Å². The molecule has 0 atom stereocenters. The van der Waals surface area contributed by atoms with Crippen LogP contribution >= 0.6 is 11.3 Å². The van der Waals surface area contributed by atoms with E-state index in [0.717, 1.165) is 24.1 Å². The summed E-state index contributed by atoms with van der Waals surface area (Å²) in [5.74, 6) is -0.0625. The Morgan fingerprint density at radius 2 is 1.69 bits per heavy atom. The van der Waals surface area contributed by atoms with Gasteiger partial charge >= 0.3 is 0 Å². The molecule has 185 valence electrons. The van der Waals surface area contributed by atoms with Gasteiger partial charge in [-0.05, 0) is 65.5 Å². The van der Waals surface area contributed by atoms with Crippen molar-refractivity contribution in [1.82, 2.24) is 4.98 Å². The number of nitrogens with zero attached hydrogens (tertiary/aromatic N) is 1. The quantitative estimate of drug-likeness (QED) is 0.134. The molecule has 5 rings (SSSR count). The Hall–Kier alpha value is -2.33. The van der Waals surface area contributed by atoms with Crippen molar-refractivity contribution in [3.8, 4) is 11.3 Å². The topological polar surface area (TPSA) is 50.2 Å². The number of hydrogen-bond acceptors (Lipinski definition) is 4. The molecule has 2 aromatic carbocycles. The van der Waals surface area contributed by atoms with Gasteiger partial charge in [0, 0.05) is 47.5 Å². The van der Waals surface area contributed by atoms with Crippen LogP contribution in [-0.2, 0) is 37.7 Å². The Morgan fingerprint density at radius 3 is 2.29 bits per heavy atom. The van der Waals surface area contributed by atoms with Crippen molar-refractivity contribution in [3.63, 3.8) is 0 Å². The molecule has 0 aliphatic heterocycles. The van der Waals surface area contributed by atoms with Crippen molar-refractivity contribution in [3.05, 3.63) is 77.7 Å². The fourth-order valence-corrected chi connectivity index (χ4v) is 6.01. The second-order valence-corrected chi connectivity index (χ2v) is 11.5. The fraction of sp³-hybridized carbons (Fsp3) is 0.333. The first kappa shape index (κ1) is 27.3. The Labute approximate surface area is 225 Å². The van der Waals surface area contributed by atoms with Crippen molar-refractivity contribution in [1.29, 1.82) is 0 Å². The van der Waals surface area contributed by atoms with Crippen LogP contribution < -0.4 is 0 Å². The summed E-state index contributed by atoms with van der Waals surface area (Å²) >= 11 is 1.92. The summed E-state index contributed by atoms with van der Waals surface area (Å²) in [4.78, 5) is 14.7. The van der Waals surface area contributed by atoms with Crippen LogP contribution in [0.1, 0.15) is 52.7 Å². The number of hydrogen-bond donors (Lipinski definition) is 1. The number of carbonyl (C=O) groups is 1. The van der Waals surface area contributed by atoms with Gasteiger partial charge in [-0.15, -0.1) is 47.2 Å². The molecule has 5 heteroatoms. The van der Waals surface area contributed by atoms with E-state index in [1.807, 2.05) is 29.7 Å². The molecular weight excluding hydrogens is 631 g/mol. The van der Waals surface area contributed by atoms with Crippen molar-refractivity contribution in [2.45, 2.75) is 54.4 Å². The fourth-order valence-electron chi connectivity index (χ4n) is 4.65. The summed E-state index contributed by atoms with van der Waals surface area (Å²) < 4.78 is 2.74. The third kappa shape index (κ3) is 5.43. The number of pyridine rings is 1. The molecule has 3 nitrogen and oxygen atoms in total. The van der Waals surface area contributed by atoms with Crippen LogP contribution in [0.25, 0.3) is 31.4 Å². The predicted molar refractivity (Wildman–Crippen MR) is 143 cm³/mol. The summed E-state index contributed by atoms with van der Waals surface area (Å²) in [6, 6.07) is 18.4. The molecule has 0 unspecified atom stereocenters. The summed E-state index contributed by atoms with van der Waals surface area (Å²) in [7, 11) is 0. The van der Waals surface area contributed by atoms with E-state index in [1.165, 1.54) is 45.7 Å². The number of aliphatic hydroxyl groups excluding tert-OH is 1. The summed E-state index contributed by atoms with van der Waals surface area (Å²) in [5, 5.41) is 11.1. The maximum Gasteiger partial charge on any atom is 0.155 e. The summed E-state index contributed by atoms with van der Waals surface area (Å²) in [6.45, 7) is 12.5. The second-order valence-electron chi connectivity index (χ2n) is 10.5. The van der Waals surface area contributed by atoms with E-state index in [2.05, 4.69) is 64.1 Å². The Morgan fingerprint density at radius 1 is 1.00 bits per heavy atom. The van der Waals surface area contributed by atoms with E-state index in [4.69, 9.17) is 10.1 Å². The average Bonchev–Trinajstić information content (AvgIpc) is 3.14. The molecule has 0 fully saturated rings. The SMILES string of the molecule is CC(=O)/C=C(/C)O.CC1(C)Cc2ccc3c(sc4c(-c5[c-]cccc5)nccc43)c2CC1(C)C.[Ir]. The number of aliphatic hydroxyl groups is 1. The van der Waals surface area contributed by atoms with Gasteiger partial charge in [0.05, 0.1) is 5.76 Å². The maximum atomic E-state index is 10.0. The van der Waals surface area contributed by atoms with Crippen molar-refractivity contribution in [2.75, 3.05) is 0 Å². The van der Waals surface area contributed by atoms with E-state index in [-0.39, 0.29) is 31.6 Å². The molecule has 0 amide bonds. The zero-order chi connectivity index (χ0) is 24.7. The van der Waals surface area contributed by atoms with Crippen LogP contribution in [0, 0.1) is 16.9 Å². The molecule has 0 saturated heterocycles. The summed E-state index contributed by atoms with van der Waals surface area (Å²) in [6.07, 6.45) is 5.40. The monoisotopic (exact) mass is 663 g/mol. The van der Waals surface area contributed by atoms with Gasteiger partial charge in [0.2, 0.25) is 0 Å². The second kappa shape index (κ2) is 10.3. The van der Waals surface area contributed by atoms with Gasteiger partial charge in [0.15, 0.2) is 5.78 Å². The number of allylic oxidation sites excluding steroid dienone is 2. The van der Waals surface area contributed by atoms with Gasteiger partial charge < -0.3 is 10.1 Å². The average molecular weight is 663 g/mol. The number of rotatable bonds is 2. The summed E-state index contributed by atoms with van der Waals surface area (Å²) in [5.41, 5.74) is 5.82. The van der Waals surface area contributed by atoms with Gasteiger partial charge in [-0.2, -0.15) is 0 Å². The predicted octanol–water partition coefficient (Wildman–Crippen LogP) is 8.10. The first-order valence-electron chi connectivity index (χ1n) is 11.7. The van der Waals surface area contributed by atoms with Crippen LogP contribution in [0.3, 0.4) is 0 Å². The van der Waals surface area contributed by atoms with Crippen LogP contribution in [0.4, 0.5) is 0 Å². The number of benzene rings is 2. The van der Waals surface area contributed by atoms with Gasteiger partial charge in [-0.3, -0.25) is 4.79 Å². The minimum Gasteiger partial charge on any atom is -0.512 e. The Bertz CT molecular complexity index is 1400. The molecule has 35 heavy (non-hydrogen) atoms. The number of aromatic nitrogens is 1. The molecule has 2 heterocycles. The molecule has 1 N–H and O–H groups in total. The van der Waals surface area contributed by atoms with Crippen LogP contribution in [0.15, 0.2) is 60.5 Å². The molecule has 0 saturated carbocycles. The van der Waals surface area contributed by atoms with Crippen molar-refractivity contribution in [2.24, 2.45) is 10.8 Å². The third-order valence-electron chi connectivity index (χ3n) is 7.22. The van der Waals surface area contributed by atoms with E-state index in [9.17, 15) is 4.79 Å². The zero-order valence-corrected chi connectivity index (χ0v) is 24.4. The first-order chi connectivity index (χ1) is 16.0. The Balaban J connectivity index is 0.000000378. The van der Waals surface area contributed by atoms with E-state index < -0.39 is 0 Å². The van der Waals surface area contributed by atoms with Crippen LogP contribution in [0.2, 0.25) is 0 Å². The number of ketones is 1. The number of carbonyl (C=O) groups excluding carboxylic acids is 1. The third-order valence-corrected chi connectivity index (χ3v) is 8.50. The molecule has 4 aromatic rings. The maximum absolute atomic E-state index is 10.0. The van der Waals surface area contributed by atoms with Gasteiger partial charge in [0.1, 0.15) is 0 Å². The number of thiophene rings is 1. The van der Waals surface area contributed by atoms with Gasteiger partial charge in [0.25, 0.3) is 0 Å². The van der Waals surface area contributed by atoms with E-state index in [1.54, 1.807) is 5.56 Å². The van der Waals surface area contributed by atoms with E-state index >= 15 is 0 Å². The molecule has 1 aliphatic rings. The molecule has 0 bridgehead atoms. The zero-order valence-electron chi connectivity index (χ0n) is 21.2. The molecule has 1 radical (unpaired) electrons. The molecule has 1 aliphatic carbocycles. The largest absolute Gasteiger partial charge is 0.512 e. The van der Waals surface area contributed by atoms with Gasteiger partial charge in [-0.1, -0.05) is 39.8 Å². The molecule has 2 aromatic heterocycles. The number of fused-ring (bicyclic) bond motifs is 5. The van der Waals surface area contributed by atoms with Crippen molar-refractivity contribution >= 4 is 37.3 Å². The molecule has 0 spiro atoms. The normalized spacial score (nSPS) is 16.1. The first-order valence-corrected chi connectivity index (χ1v) is 12.5. The smallest absolute Gasteiger partial charge is 0.155 e. The van der Waals surface area contributed by atoms with Crippen molar-refractivity contribution < 1.29 is 30.0 Å². The van der Waals surface area contributed by atoms with Crippen LogP contribution in [-0.4, -0.2) is 15.9 Å². The standard InChI is InChI=1S/C25H24NS.C5H8O2.Ir/c1-24(2)14-17-10-11-18-19-12-13-26-21(16-8-6-5-7-9-16)23(19)27-22(18)20(17)15-25(24,3)4;1-4(6)3-5(2)7;/h5-8,10-13H,14-15H2,1-4H3;3,6H,1-2H3;/q-1;;/b;4-3-;. The van der Waals surface area contributed by atoms with E-state index in [0.29, 0.717) is 10.8 Å². The van der Waals surface area contributed by atoms with Gasteiger partial charge in [-0.25, -0.2) is 0 Å². The Kier molecular flexibility index (Phi) is 8.05. The minimum atomic E-state index is -0.125.